The molecule has 1 saturated heterocycles. The summed E-state index contributed by atoms with van der Waals surface area (Å²) in [7, 11) is 1.53. The van der Waals surface area contributed by atoms with E-state index in [2.05, 4.69) is 0 Å². The number of nitrogens with zero attached hydrogens (tertiary/aromatic N) is 2. The van der Waals surface area contributed by atoms with E-state index in [0.717, 1.165) is 5.56 Å². The standard InChI is InChI=1S/C28H22N2O6/c1-16-13-20(9-12-23(16)35-3)26(32)24-25(19-5-4-6-22(14-19)36-17(2)31)30(28(34)27(24)33)21-10-7-18(15-29)8-11-21/h4-14,25,32H,1-3H3/b26-24+. The van der Waals surface area contributed by atoms with Gasteiger partial charge in [0.05, 0.1) is 30.4 Å². The molecule has 8 nitrogen and oxygen atoms in total. The molecule has 0 aromatic heterocycles. The second-order valence-corrected chi connectivity index (χ2v) is 8.18. The smallest absolute Gasteiger partial charge is 0.308 e. The number of anilines is 1. The van der Waals surface area contributed by atoms with Crippen LogP contribution in [-0.2, 0) is 14.4 Å². The van der Waals surface area contributed by atoms with Crippen LogP contribution >= 0.6 is 0 Å². The molecule has 0 spiro atoms. The van der Waals surface area contributed by atoms with Crippen molar-refractivity contribution >= 4 is 29.1 Å². The zero-order valence-electron chi connectivity index (χ0n) is 19.8. The van der Waals surface area contributed by atoms with Crippen molar-refractivity contribution in [3.63, 3.8) is 0 Å². The number of carbonyl (C=O) groups excluding carboxylic acids is 3. The summed E-state index contributed by atoms with van der Waals surface area (Å²) in [5.74, 6) is -1.75. The number of benzene rings is 3. The third-order valence-corrected chi connectivity index (χ3v) is 5.82. The van der Waals surface area contributed by atoms with Gasteiger partial charge in [-0.1, -0.05) is 12.1 Å². The normalized spacial score (nSPS) is 16.5. The predicted molar refractivity (Wildman–Crippen MR) is 131 cm³/mol. The molecule has 3 aromatic carbocycles. The van der Waals surface area contributed by atoms with Crippen molar-refractivity contribution in [1.82, 2.24) is 0 Å². The SMILES string of the molecule is COc1ccc(/C(O)=C2\C(=O)C(=O)N(c3ccc(C#N)cc3)C2c2cccc(OC(C)=O)c2)cc1C. The molecule has 1 unspecified atom stereocenters. The maximum atomic E-state index is 13.3. The highest BCUT2D eigenvalue weighted by molar-refractivity contribution is 6.51. The summed E-state index contributed by atoms with van der Waals surface area (Å²) in [4.78, 5) is 39.4. The number of aliphatic hydroxyl groups is 1. The first-order valence-electron chi connectivity index (χ1n) is 11.0. The van der Waals surface area contributed by atoms with Crippen molar-refractivity contribution < 1.29 is 29.0 Å². The van der Waals surface area contributed by atoms with Crippen LogP contribution in [0.1, 0.15) is 35.2 Å². The molecule has 3 aromatic rings. The number of hydrogen-bond acceptors (Lipinski definition) is 7. The lowest BCUT2D eigenvalue weighted by atomic mass is 9.94. The van der Waals surface area contributed by atoms with Crippen molar-refractivity contribution in [3.8, 4) is 17.6 Å². The summed E-state index contributed by atoms with van der Waals surface area (Å²) in [6.07, 6.45) is 0. The van der Waals surface area contributed by atoms with E-state index in [1.54, 1.807) is 61.5 Å². The zero-order valence-corrected chi connectivity index (χ0v) is 19.8. The van der Waals surface area contributed by atoms with Gasteiger partial charge in [-0.05, 0) is 72.6 Å². The van der Waals surface area contributed by atoms with Crippen LogP contribution in [0.25, 0.3) is 5.76 Å². The average Bonchev–Trinajstić information content (AvgIpc) is 3.13. The molecule has 8 heteroatoms. The highest BCUT2D eigenvalue weighted by Crippen LogP contribution is 2.43. The highest BCUT2D eigenvalue weighted by atomic mass is 16.5. The van der Waals surface area contributed by atoms with Gasteiger partial charge in [-0.2, -0.15) is 5.26 Å². The lowest BCUT2D eigenvalue weighted by Crippen LogP contribution is -2.29. The largest absolute Gasteiger partial charge is 0.507 e. The zero-order chi connectivity index (χ0) is 26.0. The minimum absolute atomic E-state index is 0.117. The first-order chi connectivity index (χ1) is 17.2. The maximum Gasteiger partial charge on any atom is 0.308 e. The molecule has 1 heterocycles. The molecule has 1 amide bonds. The average molecular weight is 482 g/mol. The Bertz CT molecular complexity index is 1450. The van der Waals surface area contributed by atoms with E-state index in [1.165, 1.54) is 31.1 Å². The molecule has 1 aliphatic rings. The monoisotopic (exact) mass is 482 g/mol. The summed E-state index contributed by atoms with van der Waals surface area (Å²) < 4.78 is 10.5. The Balaban J connectivity index is 1.93. The van der Waals surface area contributed by atoms with Crippen LogP contribution in [0.2, 0.25) is 0 Å². The van der Waals surface area contributed by atoms with Crippen LogP contribution in [-0.4, -0.2) is 29.9 Å². The van der Waals surface area contributed by atoms with Gasteiger partial charge in [0.15, 0.2) is 0 Å². The minimum Gasteiger partial charge on any atom is -0.507 e. The molecule has 4 rings (SSSR count). The first-order valence-corrected chi connectivity index (χ1v) is 11.0. The maximum absolute atomic E-state index is 13.3. The molecular formula is C28H22N2O6. The molecule has 36 heavy (non-hydrogen) atoms. The van der Waals surface area contributed by atoms with Crippen molar-refractivity contribution in [3.05, 3.63) is 94.6 Å². The Morgan fingerprint density at radius 1 is 1.06 bits per heavy atom. The lowest BCUT2D eigenvalue weighted by molar-refractivity contribution is -0.132. The van der Waals surface area contributed by atoms with Crippen LogP contribution in [0.4, 0.5) is 5.69 Å². The van der Waals surface area contributed by atoms with Crippen LogP contribution in [0.15, 0.2) is 72.3 Å². The lowest BCUT2D eigenvalue weighted by Gasteiger charge is -2.25. The number of nitriles is 1. The number of hydrogen-bond donors (Lipinski definition) is 1. The van der Waals surface area contributed by atoms with Crippen LogP contribution in [0.3, 0.4) is 0 Å². The number of methoxy groups -OCH3 is 1. The van der Waals surface area contributed by atoms with Gasteiger partial charge in [0, 0.05) is 18.2 Å². The van der Waals surface area contributed by atoms with Crippen molar-refractivity contribution in [2.45, 2.75) is 19.9 Å². The Hall–Kier alpha value is -4.90. The summed E-state index contributed by atoms with van der Waals surface area (Å²) in [6.45, 7) is 3.06. The van der Waals surface area contributed by atoms with Gasteiger partial charge in [0.1, 0.15) is 17.3 Å². The Morgan fingerprint density at radius 2 is 1.78 bits per heavy atom. The fourth-order valence-corrected chi connectivity index (χ4v) is 4.21. The van der Waals surface area contributed by atoms with E-state index in [0.29, 0.717) is 28.1 Å². The number of carbonyl (C=O) groups is 3. The number of esters is 1. The summed E-state index contributed by atoms with van der Waals surface area (Å²) >= 11 is 0. The number of ether oxygens (including phenoxy) is 2. The number of aliphatic hydroxyl groups excluding tert-OH is 1. The Morgan fingerprint density at radius 3 is 2.39 bits per heavy atom. The Labute approximate surface area is 207 Å². The number of ketones is 1. The number of Topliss-reactive ketones (excluding diaryl/α,β-unsaturated/α-hetero) is 1. The second-order valence-electron chi connectivity index (χ2n) is 8.18. The van der Waals surface area contributed by atoms with E-state index >= 15 is 0 Å². The summed E-state index contributed by atoms with van der Waals surface area (Å²) in [5, 5.41) is 20.4. The molecule has 0 aliphatic carbocycles. The number of aryl methyl sites for hydroxylation is 1. The van der Waals surface area contributed by atoms with Gasteiger partial charge in [0.25, 0.3) is 11.7 Å². The van der Waals surface area contributed by atoms with Gasteiger partial charge in [-0.15, -0.1) is 0 Å². The molecule has 0 saturated carbocycles. The molecule has 0 bridgehead atoms. The summed E-state index contributed by atoms with van der Waals surface area (Å²) in [5.41, 5.74) is 2.16. The van der Waals surface area contributed by atoms with E-state index in [9.17, 15) is 19.5 Å². The molecule has 1 aliphatic heterocycles. The fraction of sp³-hybridized carbons (Fsp3) is 0.143. The minimum atomic E-state index is -1.02. The topological polar surface area (TPSA) is 117 Å². The molecular weight excluding hydrogens is 460 g/mol. The second kappa shape index (κ2) is 9.76. The van der Waals surface area contributed by atoms with E-state index < -0.39 is 23.7 Å². The van der Waals surface area contributed by atoms with E-state index in [1.807, 2.05) is 6.07 Å². The fourth-order valence-electron chi connectivity index (χ4n) is 4.21. The van der Waals surface area contributed by atoms with E-state index in [-0.39, 0.29) is 17.1 Å². The molecule has 180 valence electrons. The Kier molecular flexibility index (Phi) is 6.57. The van der Waals surface area contributed by atoms with Crippen LogP contribution < -0.4 is 14.4 Å². The first kappa shape index (κ1) is 24.2. The van der Waals surface area contributed by atoms with Gasteiger partial charge >= 0.3 is 5.97 Å². The molecule has 1 fully saturated rings. The van der Waals surface area contributed by atoms with Gasteiger partial charge in [-0.3, -0.25) is 19.3 Å². The third kappa shape index (κ3) is 4.42. The molecule has 1 atom stereocenters. The van der Waals surface area contributed by atoms with Gasteiger partial charge in [-0.25, -0.2) is 0 Å². The number of rotatable bonds is 5. The van der Waals surface area contributed by atoms with Crippen molar-refractivity contribution in [2.75, 3.05) is 12.0 Å². The van der Waals surface area contributed by atoms with Crippen LogP contribution in [0.5, 0.6) is 11.5 Å². The summed E-state index contributed by atoms with van der Waals surface area (Å²) in [6, 6.07) is 18.5. The predicted octanol–water partition coefficient (Wildman–Crippen LogP) is 4.43. The third-order valence-electron chi connectivity index (χ3n) is 5.82. The van der Waals surface area contributed by atoms with Gasteiger partial charge < -0.3 is 14.6 Å². The van der Waals surface area contributed by atoms with E-state index in [4.69, 9.17) is 14.7 Å². The number of amides is 1. The van der Waals surface area contributed by atoms with Gasteiger partial charge in [0.2, 0.25) is 0 Å². The highest BCUT2D eigenvalue weighted by Gasteiger charge is 2.47. The van der Waals surface area contributed by atoms with Crippen LogP contribution in [0, 0.1) is 18.3 Å². The molecule has 0 radical (unpaired) electrons. The van der Waals surface area contributed by atoms with Crippen molar-refractivity contribution in [1.29, 1.82) is 5.26 Å². The quantitative estimate of drug-likeness (QED) is 0.188. The molecule has 1 N–H and O–H groups in total. The van der Waals surface area contributed by atoms with Crippen molar-refractivity contribution in [2.24, 2.45) is 0 Å².